The van der Waals surface area contributed by atoms with Crippen molar-refractivity contribution in [2.24, 2.45) is 0 Å². The molecule has 134 valence electrons. The molecular formula is C19H26N4O2. The lowest BCUT2D eigenvalue weighted by molar-refractivity contribution is -0.133. The third-order valence-electron chi connectivity index (χ3n) is 4.42. The number of rotatable bonds is 6. The highest BCUT2D eigenvalue weighted by atomic mass is 16.5. The van der Waals surface area contributed by atoms with Crippen LogP contribution < -0.4 is 0 Å². The largest absolute Gasteiger partial charge is 0.374 e. The van der Waals surface area contributed by atoms with Crippen molar-refractivity contribution in [2.45, 2.75) is 26.1 Å². The van der Waals surface area contributed by atoms with Gasteiger partial charge in [-0.3, -0.25) is 14.4 Å². The van der Waals surface area contributed by atoms with Crippen LogP contribution in [0.4, 0.5) is 0 Å². The van der Waals surface area contributed by atoms with Crippen molar-refractivity contribution in [3.8, 4) is 0 Å². The van der Waals surface area contributed by atoms with Gasteiger partial charge >= 0.3 is 0 Å². The van der Waals surface area contributed by atoms with Crippen molar-refractivity contribution in [3.63, 3.8) is 0 Å². The number of ether oxygens (including phenoxy) is 1. The number of hydrogen-bond acceptors (Lipinski definition) is 4. The maximum Gasteiger partial charge on any atom is 0.236 e. The number of hydrogen-bond donors (Lipinski definition) is 0. The number of likely N-dealkylation sites (N-methyl/N-ethyl adjacent to an activating group) is 1. The summed E-state index contributed by atoms with van der Waals surface area (Å²) in [4.78, 5) is 16.5. The Morgan fingerprint density at radius 3 is 2.88 bits per heavy atom. The Balaban J connectivity index is 1.48. The molecule has 0 radical (unpaired) electrons. The van der Waals surface area contributed by atoms with Gasteiger partial charge in [0.15, 0.2) is 0 Å². The Kier molecular flexibility index (Phi) is 5.83. The number of benzene rings is 1. The van der Waals surface area contributed by atoms with E-state index in [0.29, 0.717) is 19.7 Å². The Morgan fingerprint density at radius 1 is 1.36 bits per heavy atom. The molecule has 0 aliphatic carbocycles. The van der Waals surface area contributed by atoms with Gasteiger partial charge in [-0.05, 0) is 18.1 Å². The molecule has 1 amide bonds. The molecule has 2 heterocycles. The fraction of sp³-hybridized carbons (Fsp3) is 0.474. The van der Waals surface area contributed by atoms with Gasteiger partial charge in [0.05, 0.1) is 32.0 Å². The minimum atomic E-state index is 0.0697. The van der Waals surface area contributed by atoms with Crippen LogP contribution in [0, 0.1) is 6.92 Å². The smallest absolute Gasteiger partial charge is 0.236 e. The predicted octanol–water partition coefficient (Wildman–Crippen LogP) is 1.55. The topological polar surface area (TPSA) is 50.6 Å². The summed E-state index contributed by atoms with van der Waals surface area (Å²) in [7, 11) is 1.86. The van der Waals surface area contributed by atoms with Crippen molar-refractivity contribution in [2.75, 3.05) is 33.3 Å². The van der Waals surface area contributed by atoms with Crippen LogP contribution in [0.2, 0.25) is 0 Å². The standard InChI is InChI=1S/C19H26N4O2/c1-16-10-20-23(11-16)14-18-13-22(8-9-25-18)15-19(24)21(2)12-17-6-4-3-5-7-17/h3-7,10-11,18H,8-9,12-15H2,1-2H3/t18-/m1/s1. The second-order valence-corrected chi connectivity index (χ2v) is 6.70. The zero-order chi connectivity index (χ0) is 17.6. The van der Waals surface area contributed by atoms with E-state index in [9.17, 15) is 4.79 Å². The fourth-order valence-electron chi connectivity index (χ4n) is 3.07. The maximum absolute atomic E-state index is 12.5. The summed E-state index contributed by atoms with van der Waals surface area (Å²) in [5.41, 5.74) is 2.29. The predicted molar refractivity (Wildman–Crippen MR) is 96.1 cm³/mol. The van der Waals surface area contributed by atoms with Crippen molar-refractivity contribution in [3.05, 3.63) is 53.9 Å². The van der Waals surface area contributed by atoms with Crippen LogP contribution in [-0.2, 0) is 22.6 Å². The number of aryl methyl sites for hydroxylation is 1. The highest BCUT2D eigenvalue weighted by molar-refractivity contribution is 5.78. The molecule has 0 N–H and O–H groups in total. The minimum Gasteiger partial charge on any atom is -0.374 e. The molecule has 1 aliphatic heterocycles. The minimum absolute atomic E-state index is 0.0697. The summed E-state index contributed by atoms with van der Waals surface area (Å²) in [5, 5.41) is 4.31. The van der Waals surface area contributed by atoms with E-state index < -0.39 is 0 Å². The molecule has 0 bridgehead atoms. The molecule has 0 spiro atoms. The molecule has 1 atom stereocenters. The van der Waals surface area contributed by atoms with Crippen LogP contribution in [0.5, 0.6) is 0 Å². The number of carbonyl (C=O) groups excluding carboxylic acids is 1. The van der Waals surface area contributed by atoms with Gasteiger partial charge < -0.3 is 9.64 Å². The monoisotopic (exact) mass is 342 g/mol. The highest BCUT2D eigenvalue weighted by Crippen LogP contribution is 2.09. The first-order valence-corrected chi connectivity index (χ1v) is 8.71. The summed E-state index contributed by atoms with van der Waals surface area (Å²) >= 11 is 0. The SMILES string of the molecule is Cc1cnn(C[C@H]2CN(CC(=O)N(C)Cc3ccccc3)CCO2)c1. The molecule has 6 heteroatoms. The van der Waals surface area contributed by atoms with Gasteiger partial charge in [-0.15, -0.1) is 0 Å². The second kappa shape index (κ2) is 8.27. The van der Waals surface area contributed by atoms with E-state index in [1.54, 1.807) is 4.90 Å². The molecule has 1 aliphatic rings. The Morgan fingerprint density at radius 2 is 2.16 bits per heavy atom. The van der Waals surface area contributed by atoms with Crippen molar-refractivity contribution < 1.29 is 9.53 Å². The number of aromatic nitrogens is 2. The van der Waals surface area contributed by atoms with E-state index in [4.69, 9.17) is 4.74 Å². The molecule has 1 aromatic carbocycles. The van der Waals surface area contributed by atoms with E-state index in [1.807, 2.05) is 61.4 Å². The third kappa shape index (κ3) is 5.14. The molecular weight excluding hydrogens is 316 g/mol. The van der Waals surface area contributed by atoms with Crippen LogP contribution in [0.1, 0.15) is 11.1 Å². The Labute approximate surface area is 149 Å². The van der Waals surface area contributed by atoms with Gasteiger partial charge in [-0.2, -0.15) is 5.10 Å². The lowest BCUT2D eigenvalue weighted by atomic mass is 10.2. The van der Waals surface area contributed by atoms with Crippen LogP contribution in [0.3, 0.4) is 0 Å². The molecule has 0 unspecified atom stereocenters. The number of nitrogens with zero attached hydrogens (tertiary/aromatic N) is 4. The van der Waals surface area contributed by atoms with Crippen LogP contribution in [0.25, 0.3) is 0 Å². The van der Waals surface area contributed by atoms with Crippen LogP contribution >= 0.6 is 0 Å². The number of carbonyl (C=O) groups is 1. The summed E-state index contributed by atoms with van der Waals surface area (Å²) in [5.74, 6) is 0.138. The van der Waals surface area contributed by atoms with Crippen molar-refractivity contribution in [1.29, 1.82) is 0 Å². The molecule has 3 rings (SSSR count). The number of amides is 1. The zero-order valence-corrected chi connectivity index (χ0v) is 15.0. The Hall–Kier alpha value is -2.18. The van der Waals surface area contributed by atoms with E-state index in [2.05, 4.69) is 10.00 Å². The lowest BCUT2D eigenvalue weighted by Crippen LogP contribution is -2.48. The first kappa shape index (κ1) is 17.6. The molecule has 25 heavy (non-hydrogen) atoms. The molecule has 1 fully saturated rings. The van der Waals surface area contributed by atoms with Gasteiger partial charge in [-0.25, -0.2) is 0 Å². The molecule has 0 saturated carbocycles. The van der Waals surface area contributed by atoms with E-state index in [0.717, 1.165) is 30.8 Å². The van der Waals surface area contributed by atoms with Crippen molar-refractivity contribution in [1.82, 2.24) is 19.6 Å². The van der Waals surface area contributed by atoms with Crippen LogP contribution in [0.15, 0.2) is 42.7 Å². The van der Waals surface area contributed by atoms with E-state index >= 15 is 0 Å². The van der Waals surface area contributed by atoms with Gasteiger partial charge in [0.1, 0.15) is 0 Å². The summed E-state index contributed by atoms with van der Waals surface area (Å²) in [6, 6.07) is 10.1. The number of morpholine rings is 1. The van der Waals surface area contributed by atoms with Gasteiger partial charge in [0.2, 0.25) is 5.91 Å². The van der Waals surface area contributed by atoms with Gasteiger partial charge in [0.25, 0.3) is 0 Å². The Bertz CT molecular complexity index is 686. The van der Waals surface area contributed by atoms with E-state index in [1.165, 1.54) is 0 Å². The average Bonchev–Trinajstić information content (AvgIpc) is 3.01. The second-order valence-electron chi connectivity index (χ2n) is 6.70. The lowest BCUT2D eigenvalue weighted by Gasteiger charge is -2.33. The summed E-state index contributed by atoms with van der Waals surface area (Å²) in [6.45, 7) is 6.02. The zero-order valence-electron chi connectivity index (χ0n) is 15.0. The summed E-state index contributed by atoms with van der Waals surface area (Å²) < 4.78 is 7.74. The third-order valence-corrected chi connectivity index (χ3v) is 4.42. The van der Waals surface area contributed by atoms with Crippen LogP contribution in [-0.4, -0.2) is 64.9 Å². The highest BCUT2D eigenvalue weighted by Gasteiger charge is 2.23. The van der Waals surface area contributed by atoms with E-state index in [-0.39, 0.29) is 12.0 Å². The van der Waals surface area contributed by atoms with Gasteiger partial charge in [0, 0.05) is 32.9 Å². The molecule has 1 saturated heterocycles. The van der Waals surface area contributed by atoms with Crippen molar-refractivity contribution >= 4 is 5.91 Å². The first-order valence-electron chi connectivity index (χ1n) is 8.71. The molecule has 6 nitrogen and oxygen atoms in total. The maximum atomic E-state index is 12.5. The fourth-order valence-corrected chi connectivity index (χ4v) is 3.07. The van der Waals surface area contributed by atoms with Gasteiger partial charge in [-0.1, -0.05) is 30.3 Å². The summed E-state index contributed by atoms with van der Waals surface area (Å²) in [6.07, 6.45) is 3.93. The quantitative estimate of drug-likeness (QED) is 0.799. The normalized spacial score (nSPS) is 18.2. The molecule has 2 aromatic rings. The molecule has 1 aromatic heterocycles. The average molecular weight is 342 g/mol. The first-order chi connectivity index (χ1) is 12.1.